The fraction of sp³-hybridized carbons (Fsp3) is 0.579. The third kappa shape index (κ3) is 3.84. The molecule has 2 aliphatic heterocycles. The van der Waals surface area contributed by atoms with Crippen molar-refractivity contribution in [2.75, 3.05) is 32.7 Å². The summed E-state index contributed by atoms with van der Waals surface area (Å²) in [6.45, 7) is 7.22. The number of unbranched alkanes of at least 4 members (excludes halogenated alkanes) is 1. The minimum absolute atomic E-state index is 0.00478. The van der Waals surface area contributed by atoms with E-state index in [9.17, 15) is 9.59 Å². The Balaban J connectivity index is 1.51. The zero-order valence-corrected chi connectivity index (χ0v) is 14.5. The van der Waals surface area contributed by atoms with Crippen molar-refractivity contribution in [1.82, 2.24) is 14.7 Å². The maximum Gasteiger partial charge on any atom is 0.247 e. The van der Waals surface area contributed by atoms with Gasteiger partial charge in [0.05, 0.1) is 12.5 Å². The van der Waals surface area contributed by atoms with Crippen LogP contribution >= 0.6 is 0 Å². The molecule has 2 amide bonds. The van der Waals surface area contributed by atoms with Gasteiger partial charge in [-0.15, -0.1) is 0 Å². The van der Waals surface area contributed by atoms with Crippen LogP contribution in [0.3, 0.4) is 0 Å². The minimum Gasteiger partial charge on any atom is -0.297 e. The summed E-state index contributed by atoms with van der Waals surface area (Å²) in [6.07, 6.45) is 2.26. The molecule has 1 aromatic rings. The summed E-state index contributed by atoms with van der Waals surface area (Å²) in [5.74, 6) is 0.0233. The SMILES string of the molecule is CCCCN1C(=O)CC(N2CCN(Cc3ccccc3)CC2)C1=O. The second-order valence-electron chi connectivity index (χ2n) is 6.75. The van der Waals surface area contributed by atoms with Crippen LogP contribution < -0.4 is 0 Å². The van der Waals surface area contributed by atoms with Gasteiger partial charge in [0.2, 0.25) is 11.8 Å². The van der Waals surface area contributed by atoms with E-state index in [1.807, 2.05) is 6.07 Å². The molecule has 2 saturated heterocycles. The number of carbonyl (C=O) groups excluding carboxylic acids is 2. The molecule has 5 heteroatoms. The maximum atomic E-state index is 12.5. The van der Waals surface area contributed by atoms with Crippen molar-refractivity contribution in [3.8, 4) is 0 Å². The maximum absolute atomic E-state index is 12.5. The van der Waals surface area contributed by atoms with Crippen molar-refractivity contribution in [3.05, 3.63) is 35.9 Å². The Morgan fingerprint density at radius 3 is 2.42 bits per heavy atom. The summed E-state index contributed by atoms with van der Waals surface area (Å²) < 4.78 is 0. The van der Waals surface area contributed by atoms with Crippen LogP contribution in [0.4, 0.5) is 0 Å². The zero-order chi connectivity index (χ0) is 16.9. The highest BCUT2D eigenvalue weighted by Crippen LogP contribution is 2.21. The number of hydrogen-bond donors (Lipinski definition) is 0. The number of imide groups is 1. The van der Waals surface area contributed by atoms with Gasteiger partial charge in [-0.1, -0.05) is 43.7 Å². The zero-order valence-electron chi connectivity index (χ0n) is 14.5. The van der Waals surface area contributed by atoms with Gasteiger partial charge in [0.25, 0.3) is 0 Å². The summed E-state index contributed by atoms with van der Waals surface area (Å²) >= 11 is 0. The number of rotatable bonds is 6. The topological polar surface area (TPSA) is 43.9 Å². The van der Waals surface area contributed by atoms with Crippen LogP contribution in [0.2, 0.25) is 0 Å². The van der Waals surface area contributed by atoms with Gasteiger partial charge in [0.15, 0.2) is 0 Å². The van der Waals surface area contributed by atoms with Gasteiger partial charge in [-0.3, -0.25) is 24.3 Å². The van der Waals surface area contributed by atoms with Crippen molar-refractivity contribution in [2.24, 2.45) is 0 Å². The summed E-state index contributed by atoms with van der Waals surface area (Å²) in [7, 11) is 0. The van der Waals surface area contributed by atoms with Crippen LogP contribution in [-0.2, 0) is 16.1 Å². The Hall–Kier alpha value is -1.72. The third-order valence-corrected chi connectivity index (χ3v) is 5.05. The van der Waals surface area contributed by atoms with Crippen LogP contribution in [0.25, 0.3) is 0 Å². The molecule has 2 heterocycles. The second kappa shape index (κ2) is 7.90. The number of hydrogen-bond acceptors (Lipinski definition) is 4. The highest BCUT2D eigenvalue weighted by atomic mass is 16.2. The first kappa shape index (κ1) is 17.1. The van der Waals surface area contributed by atoms with Crippen LogP contribution in [-0.4, -0.2) is 65.3 Å². The lowest BCUT2D eigenvalue weighted by Crippen LogP contribution is -2.52. The predicted octanol–water partition coefficient (Wildman–Crippen LogP) is 1.73. The average Bonchev–Trinajstić information content (AvgIpc) is 2.89. The first-order valence-corrected chi connectivity index (χ1v) is 9.03. The van der Waals surface area contributed by atoms with E-state index >= 15 is 0 Å². The highest BCUT2D eigenvalue weighted by Gasteiger charge is 2.42. The molecule has 0 aromatic heterocycles. The van der Waals surface area contributed by atoms with Crippen molar-refractivity contribution in [3.63, 3.8) is 0 Å². The van der Waals surface area contributed by atoms with Gasteiger partial charge >= 0.3 is 0 Å². The molecule has 3 rings (SSSR count). The average molecular weight is 329 g/mol. The first-order valence-electron chi connectivity index (χ1n) is 9.03. The monoisotopic (exact) mass is 329 g/mol. The molecule has 2 aliphatic rings. The van der Waals surface area contributed by atoms with Crippen LogP contribution in [0, 0.1) is 0 Å². The fourth-order valence-electron chi connectivity index (χ4n) is 3.58. The molecular weight excluding hydrogens is 302 g/mol. The van der Waals surface area contributed by atoms with E-state index in [2.05, 4.69) is 41.0 Å². The van der Waals surface area contributed by atoms with Crippen molar-refractivity contribution in [2.45, 2.75) is 38.8 Å². The molecule has 24 heavy (non-hydrogen) atoms. The molecule has 0 bridgehead atoms. The van der Waals surface area contributed by atoms with E-state index < -0.39 is 0 Å². The van der Waals surface area contributed by atoms with Gasteiger partial charge in [0, 0.05) is 39.3 Å². The number of nitrogens with zero attached hydrogens (tertiary/aromatic N) is 3. The largest absolute Gasteiger partial charge is 0.297 e. The smallest absolute Gasteiger partial charge is 0.247 e. The Morgan fingerprint density at radius 1 is 1.04 bits per heavy atom. The Bertz CT molecular complexity index is 567. The molecule has 0 radical (unpaired) electrons. The van der Waals surface area contributed by atoms with Crippen LogP contribution in [0.15, 0.2) is 30.3 Å². The summed E-state index contributed by atoms with van der Waals surface area (Å²) in [5, 5.41) is 0. The predicted molar refractivity (Wildman–Crippen MR) is 93.3 cm³/mol. The lowest BCUT2D eigenvalue weighted by molar-refractivity contribution is -0.140. The van der Waals surface area contributed by atoms with Crippen molar-refractivity contribution >= 4 is 11.8 Å². The highest BCUT2D eigenvalue weighted by molar-refractivity contribution is 6.05. The normalized spacial score (nSPS) is 23.2. The second-order valence-corrected chi connectivity index (χ2v) is 6.75. The van der Waals surface area contributed by atoms with Crippen LogP contribution in [0.5, 0.6) is 0 Å². The van der Waals surface area contributed by atoms with Crippen LogP contribution in [0.1, 0.15) is 31.7 Å². The summed E-state index contributed by atoms with van der Waals surface area (Å²) in [4.78, 5) is 30.8. The van der Waals surface area contributed by atoms with Crippen molar-refractivity contribution in [1.29, 1.82) is 0 Å². The molecule has 0 N–H and O–H groups in total. The van der Waals surface area contributed by atoms with E-state index in [1.165, 1.54) is 10.5 Å². The molecule has 1 unspecified atom stereocenters. The standard InChI is InChI=1S/C19H27N3O2/c1-2-3-9-22-18(23)14-17(19(22)24)21-12-10-20(11-13-21)15-16-7-5-4-6-8-16/h4-8,17H,2-3,9-15H2,1H3. The Kier molecular flexibility index (Phi) is 5.63. The van der Waals surface area contributed by atoms with Gasteiger partial charge in [-0.05, 0) is 12.0 Å². The number of carbonyl (C=O) groups is 2. The van der Waals surface area contributed by atoms with Gasteiger partial charge in [0.1, 0.15) is 0 Å². The van der Waals surface area contributed by atoms with Gasteiger partial charge in [-0.2, -0.15) is 0 Å². The molecule has 130 valence electrons. The molecule has 2 fully saturated rings. The van der Waals surface area contributed by atoms with Crippen molar-refractivity contribution < 1.29 is 9.59 Å². The Labute approximate surface area is 144 Å². The number of piperazine rings is 1. The molecule has 0 saturated carbocycles. The van der Waals surface area contributed by atoms with E-state index in [0.717, 1.165) is 45.6 Å². The molecule has 5 nitrogen and oxygen atoms in total. The summed E-state index contributed by atoms with van der Waals surface area (Å²) in [6, 6.07) is 10.2. The van der Waals surface area contributed by atoms with E-state index in [0.29, 0.717) is 13.0 Å². The molecule has 1 atom stereocenters. The fourth-order valence-corrected chi connectivity index (χ4v) is 3.58. The van der Waals surface area contributed by atoms with Gasteiger partial charge in [-0.25, -0.2) is 0 Å². The first-order chi connectivity index (χ1) is 11.7. The lowest BCUT2D eigenvalue weighted by atomic mass is 10.1. The number of benzene rings is 1. The van der Waals surface area contributed by atoms with E-state index in [4.69, 9.17) is 0 Å². The Morgan fingerprint density at radius 2 is 1.75 bits per heavy atom. The van der Waals surface area contributed by atoms with E-state index in [-0.39, 0.29) is 17.9 Å². The molecule has 0 spiro atoms. The summed E-state index contributed by atoms with van der Waals surface area (Å²) in [5.41, 5.74) is 1.32. The molecular formula is C19H27N3O2. The lowest BCUT2D eigenvalue weighted by Gasteiger charge is -2.37. The number of amides is 2. The molecule has 0 aliphatic carbocycles. The van der Waals surface area contributed by atoms with Gasteiger partial charge < -0.3 is 0 Å². The quantitative estimate of drug-likeness (QED) is 0.746. The third-order valence-electron chi connectivity index (χ3n) is 5.05. The van der Waals surface area contributed by atoms with E-state index in [1.54, 1.807) is 0 Å². The number of likely N-dealkylation sites (tertiary alicyclic amines) is 1. The minimum atomic E-state index is -0.228. The molecule has 1 aromatic carbocycles.